The van der Waals surface area contributed by atoms with Crippen LogP contribution in [0.3, 0.4) is 0 Å². The Morgan fingerprint density at radius 2 is 2.00 bits per heavy atom. The van der Waals surface area contributed by atoms with Crippen LogP contribution < -0.4 is 0 Å². The van der Waals surface area contributed by atoms with E-state index in [1.54, 1.807) is 6.92 Å². The van der Waals surface area contributed by atoms with E-state index in [0.717, 1.165) is 5.56 Å². The van der Waals surface area contributed by atoms with Crippen LogP contribution in [0.15, 0.2) is 42.0 Å². The second-order valence-electron chi connectivity index (χ2n) is 3.11. The van der Waals surface area contributed by atoms with Gasteiger partial charge in [0.1, 0.15) is 0 Å². The van der Waals surface area contributed by atoms with Crippen molar-refractivity contribution in [3.05, 3.63) is 47.5 Å². The number of carbonyl (C=O) groups excluding carboxylic acids is 1. The number of rotatable bonds is 4. The summed E-state index contributed by atoms with van der Waals surface area (Å²) in [5.41, 5.74) is 1.70. The molecule has 0 aliphatic rings. The molecule has 3 nitrogen and oxygen atoms in total. The van der Waals surface area contributed by atoms with Gasteiger partial charge in [-0.25, -0.2) is 4.79 Å². The van der Waals surface area contributed by atoms with Crippen molar-refractivity contribution in [1.82, 2.24) is 0 Å². The lowest BCUT2D eigenvalue weighted by Gasteiger charge is -2.00. The van der Waals surface area contributed by atoms with Crippen LogP contribution in [-0.4, -0.2) is 13.1 Å². The number of hydrogen-bond donors (Lipinski definition) is 0. The summed E-state index contributed by atoms with van der Waals surface area (Å²) in [5, 5.41) is 0. The Labute approximate surface area is 89.2 Å². The van der Waals surface area contributed by atoms with Crippen LogP contribution in [0.1, 0.15) is 12.5 Å². The smallest absolute Gasteiger partial charge is 0.294 e. The zero-order valence-corrected chi connectivity index (χ0v) is 8.90. The van der Waals surface area contributed by atoms with E-state index in [2.05, 4.69) is 9.78 Å². The Balaban J connectivity index is 2.54. The third-order valence-electron chi connectivity index (χ3n) is 1.97. The Morgan fingerprint density at radius 1 is 1.33 bits per heavy atom. The summed E-state index contributed by atoms with van der Waals surface area (Å²) in [4.78, 5) is 19.8. The zero-order valence-electron chi connectivity index (χ0n) is 8.90. The molecule has 0 spiro atoms. The van der Waals surface area contributed by atoms with Crippen molar-refractivity contribution in [2.24, 2.45) is 0 Å². The normalized spacial score (nSPS) is 11.2. The largest absolute Gasteiger partial charge is 0.368 e. The van der Waals surface area contributed by atoms with Crippen molar-refractivity contribution in [3.63, 3.8) is 0 Å². The third-order valence-corrected chi connectivity index (χ3v) is 1.97. The summed E-state index contributed by atoms with van der Waals surface area (Å²) in [6.45, 7) is 1.70. The highest BCUT2D eigenvalue weighted by Gasteiger charge is 2.04. The van der Waals surface area contributed by atoms with E-state index in [1.165, 1.54) is 7.11 Å². The van der Waals surface area contributed by atoms with Gasteiger partial charge < -0.3 is 0 Å². The fraction of sp³-hybridized carbons (Fsp3) is 0.250. The first-order chi connectivity index (χ1) is 7.24. The molecule has 0 aromatic heterocycles. The molecule has 1 aromatic rings. The molecule has 0 atom stereocenters. The molecule has 0 saturated heterocycles. The molecule has 15 heavy (non-hydrogen) atoms. The van der Waals surface area contributed by atoms with Gasteiger partial charge in [0.2, 0.25) is 0 Å². The Hall–Kier alpha value is -1.61. The Kier molecular flexibility index (Phi) is 4.57. The molecule has 0 amide bonds. The molecule has 1 aromatic carbocycles. The monoisotopic (exact) mass is 206 g/mol. The van der Waals surface area contributed by atoms with Crippen LogP contribution in [-0.2, 0) is 21.0 Å². The van der Waals surface area contributed by atoms with Crippen molar-refractivity contribution in [3.8, 4) is 0 Å². The summed E-state index contributed by atoms with van der Waals surface area (Å²) in [6, 6.07) is 9.90. The first-order valence-electron chi connectivity index (χ1n) is 4.69. The second-order valence-corrected chi connectivity index (χ2v) is 3.11. The molecule has 0 unspecified atom stereocenters. The highest BCUT2D eigenvalue weighted by atomic mass is 17.2. The number of benzene rings is 1. The van der Waals surface area contributed by atoms with Crippen LogP contribution in [0.4, 0.5) is 0 Å². The lowest BCUT2D eigenvalue weighted by molar-refractivity contribution is -0.250. The van der Waals surface area contributed by atoms with Gasteiger partial charge in [-0.1, -0.05) is 36.4 Å². The average Bonchev–Trinajstić information content (AvgIpc) is 2.27. The van der Waals surface area contributed by atoms with Crippen LogP contribution in [0.2, 0.25) is 0 Å². The molecule has 0 aliphatic heterocycles. The molecule has 0 radical (unpaired) electrons. The number of carbonyl (C=O) groups is 1. The van der Waals surface area contributed by atoms with E-state index >= 15 is 0 Å². The summed E-state index contributed by atoms with van der Waals surface area (Å²) >= 11 is 0. The highest BCUT2D eigenvalue weighted by Crippen LogP contribution is 2.04. The van der Waals surface area contributed by atoms with Gasteiger partial charge in [0.15, 0.2) is 0 Å². The highest BCUT2D eigenvalue weighted by molar-refractivity contribution is 5.87. The van der Waals surface area contributed by atoms with Gasteiger partial charge in [0, 0.05) is 5.57 Å². The summed E-state index contributed by atoms with van der Waals surface area (Å²) in [6.07, 6.45) is 2.53. The molecule has 0 heterocycles. The minimum atomic E-state index is -0.451. The Morgan fingerprint density at radius 3 is 2.60 bits per heavy atom. The van der Waals surface area contributed by atoms with Gasteiger partial charge in [-0.3, -0.25) is 4.89 Å². The van der Waals surface area contributed by atoms with E-state index < -0.39 is 5.97 Å². The zero-order chi connectivity index (χ0) is 11.1. The maximum Gasteiger partial charge on any atom is 0.368 e. The van der Waals surface area contributed by atoms with Gasteiger partial charge in [-0.2, -0.15) is 4.89 Å². The van der Waals surface area contributed by atoms with Crippen molar-refractivity contribution in [2.75, 3.05) is 7.11 Å². The van der Waals surface area contributed by atoms with Crippen molar-refractivity contribution in [1.29, 1.82) is 0 Å². The average molecular weight is 206 g/mol. The van der Waals surface area contributed by atoms with E-state index in [0.29, 0.717) is 12.0 Å². The van der Waals surface area contributed by atoms with E-state index in [-0.39, 0.29) is 0 Å². The van der Waals surface area contributed by atoms with Crippen molar-refractivity contribution >= 4 is 5.97 Å². The van der Waals surface area contributed by atoms with Gasteiger partial charge in [0.05, 0.1) is 7.11 Å². The topological polar surface area (TPSA) is 35.5 Å². The SMILES string of the molecule is COOC(=O)C(C)=CCc1ccccc1. The Bertz CT molecular complexity index is 341. The van der Waals surface area contributed by atoms with Crippen LogP contribution in [0.5, 0.6) is 0 Å². The summed E-state index contributed by atoms with van der Waals surface area (Å²) < 4.78 is 0. The lowest BCUT2D eigenvalue weighted by Crippen LogP contribution is -2.04. The molecule has 0 aliphatic carbocycles. The quantitative estimate of drug-likeness (QED) is 0.430. The van der Waals surface area contributed by atoms with E-state index in [1.807, 2.05) is 36.4 Å². The maximum absolute atomic E-state index is 11.1. The van der Waals surface area contributed by atoms with Gasteiger partial charge in [-0.05, 0) is 18.9 Å². The maximum atomic E-state index is 11.1. The molecular formula is C12H14O3. The fourth-order valence-electron chi connectivity index (χ4n) is 1.11. The molecule has 1 rings (SSSR count). The first kappa shape index (κ1) is 11.5. The third kappa shape index (κ3) is 3.95. The fourth-order valence-corrected chi connectivity index (χ4v) is 1.11. The summed E-state index contributed by atoms with van der Waals surface area (Å²) in [7, 11) is 1.31. The molecular weight excluding hydrogens is 192 g/mol. The van der Waals surface area contributed by atoms with Gasteiger partial charge >= 0.3 is 5.97 Å². The van der Waals surface area contributed by atoms with E-state index in [9.17, 15) is 4.79 Å². The molecule has 80 valence electrons. The van der Waals surface area contributed by atoms with Gasteiger partial charge in [0.25, 0.3) is 0 Å². The molecule has 0 bridgehead atoms. The van der Waals surface area contributed by atoms with Crippen LogP contribution >= 0.6 is 0 Å². The second kappa shape index (κ2) is 5.98. The molecule has 0 fully saturated rings. The van der Waals surface area contributed by atoms with Gasteiger partial charge in [-0.15, -0.1) is 0 Å². The lowest BCUT2D eigenvalue weighted by atomic mass is 10.1. The van der Waals surface area contributed by atoms with Crippen LogP contribution in [0, 0.1) is 0 Å². The molecule has 0 N–H and O–H groups in total. The van der Waals surface area contributed by atoms with Crippen molar-refractivity contribution in [2.45, 2.75) is 13.3 Å². The molecule has 3 heteroatoms. The minimum Gasteiger partial charge on any atom is -0.294 e. The van der Waals surface area contributed by atoms with Crippen molar-refractivity contribution < 1.29 is 14.6 Å². The number of allylic oxidation sites excluding steroid dienone is 1. The van der Waals surface area contributed by atoms with Crippen LogP contribution in [0.25, 0.3) is 0 Å². The standard InChI is InChI=1S/C12H14O3/c1-10(12(13)15-14-2)8-9-11-6-4-3-5-7-11/h3-8H,9H2,1-2H3. The molecule has 0 saturated carbocycles. The van der Waals surface area contributed by atoms with E-state index in [4.69, 9.17) is 0 Å². The predicted molar refractivity (Wildman–Crippen MR) is 57.0 cm³/mol. The first-order valence-corrected chi connectivity index (χ1v) is 4.69. The number of hydrogen-bond acceptors (Lipinski definition) is 3. The minimum absolute atomic E-state index is 0.451. The predicted octanol–water partition coefficient (Wildman–Crippen LogP) is 2.28. The summed E-state index contributed by atoms with van der Waals surface area (Å²) in [5.74, 6) is -0.451.